The fourth-order valence-corrected chi connectivity index (χ4v) is 1.53. The highest BCUT2D eigenvalue weighted by atomic mass is 35.5. The van der Waals surface area contributed by atoms with E-state index in [-0.39, 0.29) is 11.2 Å². The zero-order valence-corrected chi connectivity index (χ0v) is 12.1. The molecule has 1 rings (SSSR count). The molecule has 1 heterocycles. The molecule has 0 unspecified atom stereocenters. The highest BCUT2D eigenvalue weighted by molar-refractivity contribution is 6.29. The normalized spacial score (nSPS) is 11.5. The fourth-order valence-electron chi connectivity index (χ4n) is 1.32. The van der Waals surface area contributed by atoms with Crippen molar-refractivity contribution in [2.45, 2.75) is 46.3 Å². The van der Waals surface area contributed by atoms with E-state index in [2.05, 4.69) is 10.3 Å². The second kappa shape index (κ2) is 5.57. The second-order valence-corrected chi connectivity index (χ2v) is 5.75. The highest BCUT2D eigenvalue weighted by Crippen LogP contribution is 2.18. The number of ether oxygens (including phenoxy) is 1. The van der Waals surface area contributed by atoms with Gasteiger partial charge in [-0.2, -0.15) is 0 Å². The van der Waals surface area contributed by atoms with Gasteiger partial charge in [-0.15, -0.1) is 0 Å². The van der Waals surface area contributed by atoms with Crippen molar-refractivity contribution in [1.29, 1.82) is 0 Å². The number of halogens is 1. The van der Waals surface area contributed by atoms with E-state index < -0.39 is 11.6 Å². The molecule has 0 saturated carbocycles. The monoisotopic (exact) mass is 270 g/mol. The van der Waals surface area contributed by atoms with Gasteiger partial charge in [0.2, 0.25) is 0 Å². The highest BCUT2D eigenvalue weighted by Gasteiger charge is 2.19. The summed E-state index contributed by atoms with van der Waals surface area (Å²) in [5.74, 6) is 0.164. The van der Waals surface area contributed by atoms with Gasteiger partial charge >= 0.3 is 5.97 Å². The molecule has 1 aromatic rings. The summed E-state index contributed by atoms with van der Waals surface area (Å²) in [4.78, 5) is 16.0. The lowest BCUT2D eigenvalue weighted by molar-refractivity contribution is 0.00694. The van der Waals surface area contributed by atoms with Crippen LogP contribution >= 0.6 is 11.6 Å². The number of carbonyl (C=O) groups excluding carboxylic acids is 1. The summed E-state index contributed by atoms with van der Waals surface area (Å²) in [6.45, 7) is 9.42. The number of carbonyl (C=O) groups is 1. The molecule has 0 spiro atoms. The van der Waals surface area contributed by atoms with Gasteiger partial charge in [-0.3, -0.25) is 0 Å². The zero-order chi connectivity index (χ0) is 13.9. The van der Waals surface area contributed by atoms with Gasteiger partial charge in [0.05, 0.1) is 5.56 Å². The molecule has 0 radical (unpaired) electrons. The molecule has 0 aromatic carbocycles. The molecule has 0 fully saturated rings. The molecule has 5 heteroatoms. The molecule has 4 nitrogen and oxygen atoms in total. The van der Waals surface area contributed by atoms with E-state index in [1.807, 2.05) is 34.6 Å². The minimum Gasteiger partial charge on any atom is -0.456 e. The third-order valence-corrected chi connectivity index (χ3v) is 2.06. The fraction of sp³-hybridized carbons (Fsp3) is 0.538. The van der Waals surface area contributed by atoms with Crippen molar-refractivity contribution >= 4 is 23.4 Å². The van der Waals surface area contributed by atoms with Crippen molar-refractivity contribution < 1.29 is 9.53 Å². The predicted octanol–water partition coefficient (Wildman–Crippen LogP) is 3.51. The Labute approximate surface area is 113 Å². The van der Waals surface area contributed by atoms with Gasteiger partial charge in [0, 0.05) is 6.04 Å². The first-order valence-corrected chi connectivity index (χ1v) is 6.22. The van der Waals surface area contributed by atoms with Crippen LogP contribution in [0, 0.1) is 0 Å². The topological polar surface area (TPSA) is 51.2 Å². The van der Waals surface area contributed by atoms with Crippen LogP contribution in [-0.2, 0) is 4.74 Å². The summed E-state index contributed by atoms with van der Waals surface area (Å²) in [7, 11) is 0. The Bertz CT molecular complexity index is 439. The van der Waals surface area contributed by atoms with Gasteiger partial charge in [-0.05, 0) is 46.8 Å². The molecule has 100 valence electrons. The molecular weight excluding hydrogens is 252 g/mol. The van der Waals surface area contributed by atoms with E-state index >= 15 is 0 Å². The van der Waals surface area contributed by atoms with Crippen molar-refractivity contribution in [3.05, 3.63) is 22.8 Å². The summed E-state index contributed by atoms with van der Waals surface area (Å²) in [6, 6.07) is 3.35. The lowest BCUT2D eigenvalue weighted by Gasteiger charge is -2.20. The van der Waals surface area contributed by atoms with Crippen molar-refractivity contribution in [2.24, 2.45) is 0 Å². The minimum absolute atomic E-state index is 0.211. The molecule has 0 aliphatic carbocycles. The molecule has 1 N–H and O–H groups in total. The predicted molar refractivity (Wildman–Crippen MR) is 73.2 cm³/mol. The van der Waals surface area contributed by atoms with Gasteiger partial charge in [0.1, 0.15) is 16.6 Å². The van der Waals surface area contributed by atoms with Crippen LogP contribution in [0.1, 0.15) is 45.0 Å². The van der Waals surface area contributed by atoms with Crippen LogP contribution in [0.5, 0.6) is 0 Å². The molecule has 0 amide bonds. The summed E-state index contributed by atoms with van der Waals surface area (Å²) < 4.78 is 5.29. The van der Waals surface area contributed by atoms with Gasteiger partial charge in [-0.25, -0.2) is 9.78 Å². The lowest BCUT2D eigenvalue weighted by atomic mass is 10.2. The third kappa shape index (κ3) is 4.92. The van der Waals surface area contributed by atoms with E-state index in [0.717, 1.165) is 0 Å². The van der Waals surface area contributed by atoms with Gasteiger partial charge in [0.25, 0.3) is 0 Å². The van der Waals surface area contributed by atoms with Gasteiger partial charge in [-0.1, -0.05) is 11.6 Å². The van der Waals surface area contributed by atoms with E-state index in [4.69, 9.17) is 16.3 Å². The zero-order valence-electron chi connectivity index (χ0n) is 11.4. The number of rotatable bonds is 3. The summed E-state index contributed by atoms with van der Waals surface area (Å²) in [5, 5.41) is 3.37. The molecule has 18 heavy (non-hydrogen) atoms. The Morgan fingerprint density at radius 2 is 2.00 bits per heavy atom. The molecular formula is C13H19ClN2O2. The summed E-state index contributed by atoms with van der Waals surface area (Å²) in [5.41, 5.74) is -0.133. The number of hydrogen-bond acceptors (Lipinski definition) is 4. The number of anilines is 1. The van der Waals surface area contributed by atoms with Crippen molar-refractivity contribution in [3.63, 3.8) is 0 Å². The molecule has 0 atom stereocenters. The van der Waals surface area contributed by atoms with Crippen LogP contribution in [0.3, 0.4) is 0 Å². The number of aromatic nitrogens is 1. The molecule has 1 aromatic heterocycles. The van der Waals surface area contributed by atoms with E-state index in [1.165, 1.54) is 6.07 Å². The molecule has 0 aliphatic heterocycles. The number of nitrogens with zero attached hydrogens (tertiary/aromatic N) is 1. The smallest absolute Gasteiger partial charge is 0.338 e. The van der Waals surface area contributed by atoms with Crippen LogP contribution < -0.4 is 5.32 Å². The van der Waals surface area contributed by atoms with Crippen LogP contribution in [0.2, 0.25) is 5.15 Å². The summed E-state index contributed by atoms with van der Waals surface area (Å²) in [6.07, 6.45) is 0. The Balaban J connectivity index is 2.95. The molecule has 0 aliphatic rings. The first-order chi connectivity index (χ1) is 8.17. The average molecular weight is 271 g/mol. The Hall–Kier alpha value is -1.29. The SMILES string of the molecule is CC(C)Nc1cc(C(=O)OC(C)(C)C)cc(Cl)n1. The maximum absolute atomic E-state index is 11.9. The first-order valence-electron chi connectivity index (χ1n) is 5.85. The Morgan fingerprint density at radius 1 is 1.39 bits per heavy atom. The van der Waals surface area contributed by atoms with Crippen LogP contribution in [0.4, 0.5) is 5.82 Å². The summed E-state index contributed by atoms with van der Waals surface area (Å²) >= 11 is 5.89. The first kappa shape index (κ1) is 14.8. The second-order valence-electron chi connectivity index (χ2n) is 5.36. The standard InChI is InChI=1S/C13H19ClN2O2/c1-8(2)15-11-7-9(6-10(14)16-11)12(17)18-13(3,4)5/h6-8H,1-5H3,(H,15,16). The van der Waals surface area contributed by atoms with Gasteiger partial charge in [0.15, 0.2) is 0 Å². The average Bonchev–Trinajstić information content (AvgIpc) is 2.12. The maximum Gasteiger partial charge on any atom is 0.338 e. The number of pyridine rings is 1. The number of hydrogen-bond donors (Lipinski definition) is 1. The molecule has 0 saturated heterocycles. The molecule has 0 bridgehead atoms. The number of nitrogens with one attached hydrogen (secondary N) is 1. The minimum atomic E-state index is -0.529. The van der Waals surface area contributed by atoms with Crippen molar-refractivity contribution in [2.75, 3.05) is 5.32 Å². The largest absolute Gasteiger partial charge is 0.456 e. The Morgan fingerprint density at radius 3 is 2.50 bits per heavy atom. The third-order valence-electron chi connectivity index (χ3n) is 1.87. The van der Waals surface area contributed by atoms with E-state index in [0.29, 0.717) is 11.4 Å². The van der Waals surface area contributed by atoms with Crippen molar-refractivity contribution in [3.8, 4) is 0 Å². The maximum atomic E-state index is 11.9. The Kier molecular flexibility index (Phi) is 4.57. The number of esters is 1. The van der Waals surface area contributed by atoms with E-state index in [1.54, 1.807) is 6.07 Å². The van der Waals surface area contributed by atoms with Crippen LogP contribution in [0.15, 0.2) is 12.1 Å². The quantitative estimate of drug-likeness (QED) is 0.675. The van der Waals surface area contributed by atoms with Crippen LogP contribution in [0.25, 0.3) is 0 Å². The van der Waals surface area contributed by atoms with Gasteiger partial charge < -0.3 is 10.1 Å². The lowest BCUT2D eigenvalue weighted by Crippen LogP contribution is -2.24. The van der Waals surface area contributed by atoms with Crippen LogP contribution in [-0.4, -0.2) is 22.6 Å². The van der Waals surface area contributed by atoms with Crippen molar-refractivity contribution in [1.82, 2.24) is 4.98 Å². The van der Waals surface area contributed by atoms with E-state index in [9.17, 15) is 4.79 Å².